The number of rotatable bonds is 7. The van der Waals surface area contributed by atoms with Gasteiger partial charge in [-0.25, -0.2) is 0 Å². The summed E-state index contributed by atoms with van der Waals surface area (Å²) >= 11 is 0. The number of benzene rings is 1. The Balaban J connectivity index is 1.47. The number of ether oxygens (including phenoxy) is 1. The van der Waals surface area contributed by atoms with Crippen LogP contribution in [0.4, 0.5) is 0 Å². The monoisotopic (exact) mass is 313 g/mol. The van der Waals surface area contributed by atoms with E-state index in [-0.39, 0.29) is 6.10 Å². The van der Waals surface area contributed by atoms with Crippen molar-refractivity contribution in [1.82, 2.24) is 15.6 Å². The summed E-state index contributed by atoms with van der Waals surface area (Å²) in [7, 11) is 0. The molecule has 0 spiro atoms. The predicted molar refractivity (Wildman–Crippen MR) is 89.1 cm³/mol. The van der Waals surface area contributed by atoms with Gasteiger partial charge in [0.25, 0.3) is 0 Å². The van der Waals surface area contributed by atoms with Crippen LogP contribution in [-0.2, 0) is 13.2 Å². The molecule has 1 aliphatic heterocycles. The number of β-amino-alcohol motifs (C(OH)–C–C–N with tert-alkyl or cyclic N) is 1. The first-order chi connectivity index (χ1) is 11.3. The Morgan fingerprint density at radius 1 is 1.22 bits per heavy atom. The van der Waals surface area contributed by atoms with E-state index in [2.05, 4.69) is 21.7 Å². The van der Waals surface area contributed by atoms with Crippen LogP contribution in [0.2, 0.25) is 0 Å². The van der Waals surface area contributed by atoms with Gasteiger partial charge >= 0.3 is 0 Å². The average molecular weight is 313 g/mol. The van der Waals surface area contributed by atoms with Crippen molar-refractivity contribution in [2.75, 3.05) is 19.6 Å². The zero-order valence-electron chi connectivity index (χ0n) is 13.1. The molecule has 5 nitrogen and oxygen atoms in total. The molecule has 1 saturated heterocycles. The number of aliphatic hydroxyl groups excluding tert-OH is 1. The molecule has 2 unspecified atom stereocenters. The van der Waals surface area contributed by atoms with Crippen molar-refractivity contribution >= 4 is 0 Å². The summed E-state index contributed by atoms with van der Waals surface area (Å²) in [5, 5.41) is 16.4. The summed E-state index contributed by atoms with van der Waals surface area (Å²) in [4.78, 5) is 4.25. The van der Waals surface area contributed by atoms with E-state index in [9.17, 15) is 5.11 Å². The molecular formula is C18H23N3O2. The summed E-state index contributed by atoms with van der Waals surface area (Å²) in [6, 6.07) is 13.9. The van der Waals surface area contributed by atoms with Crippen LogP contribution in [0.5, 0.6) is 5.75 Å². The number of hydrogen-bond acceptors (Lipinski definition) is 5. The molecule has 122 valence electrons. The fraction of sp³-hybridized carbons (Fsp3) is 0.389. The highest BCUT2D eigenvalue weighted by atomic mass is 16.5. The van der Waals surface area contributed by atoms with Gasteiger partial charge in [-0.3, -0.25) is 4.98 Å². The fourth-order valence-electron chi connectivity index (χ4n) is 2.72. The van der Waals surface area contributed by atoms with Crippen LogP contribution in [0, 0.1) is 5.92 Å². The molecule has 0 amide bonds. The van der Waals surface area contributed by atoms with Crippen molar-refractivity contribution in [2.24, 2.45) is 5.92 Å². The fourth-order valence-corrected chi connectivity index (χ4v) is 2.72. The van der Waals surface area contributed by atoms with Crippen LogP contribution in [0.15, 0.2) is 48.7 Å². The van der Waals surface area contributed by atoms with Crippen LogP contribution in [0.3, 0.4) is 0 Å². The molecule has 2 atom stereocenters. The van der Waals surface area contributed by atoms with Crippen molar-refractivity contribution in [1.29, 1.82) is 0 Å². The predicted octanol–water partition coefficient (Wildman–Crippen LogP) is 1.33. The Morgan fingerprint density at radius 3 is 2.96 bits per heavy atom. The highest BCUT2D eigenvalue weighted by molar-refractivity contribution is 5.28. The summed E-state index contributed by atoms with van der Waals surface area (Å²) in [5.41, 5.74) is 2.09. The molecule has 3 rings (SSSR count). The lowest BCUT2D eigenvalue weighted by Gasteiger charge is -2.14. The molecule has 23 heavy (non-hydrogen) atoms. The first kappa shape index (κ1) is 15.9. The van der Waals surface area contributed by atoms with Gasteiger partial charge in [-0.05, 0) is 29.8 Å². The maximum atomic E-state index is 9.78. The zero-order valence-corrected chi connectivity index (χ0v) is 13.1. The van der Waals surface area contributed by atoms with E-state index in [1.54, 1.807) is 6.20 Å². The molecule has 1 fully saturated rings. The lowest BCUT2D eigenvalue weighted by Crippen LogP contribution is -2.30. The third-order valence-corrected chi connectivity index (χ3v) is 4.05. The maximum absolute atomic E-state index is 9.78. The number of aromatic nitrogens is 1. The second-order valence-corrected chi connectivity index (χ2v) is 5.87. The Labute approximate surface area is 136 Å². The van der Waals surface area contributed by atoms with Crippen molar-refractivity contribution < 1.29 is 9.84 Å². The normalized spacial score (nSPS) is 20.6. The maximum Gasteiger partial charge on any atom is 0.130 e. The molecule has 1 aromatic heterocycles. The van der Waals surface area contributed by atoms with Gasteiger partial charge in [0.15, 0.2) is 0 Å². The second-order valence-electron chi connectivity index (χ2n) is 5.87. The molecular weight excluding hydrogens is 290 g/mol. The minimum Gasteiger partial charge on any atom is -0.487 e. The van der Waals surface area contributed by atoms with Crippen LogP contribution in [0.25, 0.3) is 0 Å². The minimum atomic E-state index is -0.240. The standard InChI is InChI=1S/C18H23N3O2/c22-18-12-20-11-15(18)10-19-9-14-4-3-6-17(8-14)23-13-16-5-1-2-7-21-16/h1-8,15,18-20,22H,9-13H2. The number of nitrogens with zero attached hydrogens (tertiary/aromatic N) is 1. The van der Waals surface area contributed by atoms with Crippen molar-refractivity contribution in [2.45, 2.75) is 19.3 Å². The molecule has 3 N–H and O–H groups in total. The Bertz CT molecular complexity index is 606. The van der Waals surface area contributed by atoms with Gasteiger partial charge in [0.1, 0.15) is 12.4 Å². The van der Waals surface area contributed by atoms with Crippen molar-refractivity contribution in [3.63, 3.8) is 0 Å². The Hall–Kier alpha value is -1.95. The molecule has 0 aliphatic carbocycles. The first-order valence-electron chi connectivity index (χ1n) is 8.02. The molecule has 0 bridgehead atoms. The third-order valence-electron chi connectivity index (χ3n) is 4.05. The van der Waals surface area contributed by atoms with E-state index in [0.717, 1.165) is 31.1 Å². The van der Waals surface area contributed by atoms with Gasteiger partial charge < -0.3 is 20.5 Å². The molecule has 5 heteroatoms. The van der Waals surface area contributed by atoms with Gasteiger partial charge in [-0.1, -0.05) is 18.2 Å². The van der Waals surface area contributed by atoms with E-state index < -0.39 is 0 Å². The summed E-state index contributed by atoms with van der Waals surface area (Å²) < 4.78 is 5.79. The summed E-state index contributed by atoms with van der Waals surface area (Å²) in [6.07, 6.45) is 1.53. The molecule has 2 heterocycles. The van der Waals surface area contributed by atoms with Gasteiger partial charge in [0.05, 0.1) is 11.8 Å². The average Bonchev–Trinajstić information content (AvgIpc) is 3.00. The second kappa shape index (κ2) is 8.06. The number of nitrogens with one attached hydrogen (secondary N) is 2. The molecule has 2 aromatic rings. The van der Waals surface area contributed by atoms with Crippen molar-refractivity contribution in [3.8, 4) is 5.75 Å². The van der Waals surface area contributed by atoms with Gasteiger partial charge in [0.2, 0.25) is 0 Å². The van der Waals surface area contributed by atoms with E-state index in [4.69, 9.17) is 4.74 Å². The van der Waals surface area contributed by atoms with E-state index in [1.807, 2.05) is 36.4 Å². The Morgan fingerprint density at radius 2 is 2.17 bits per heavy atom. The quantitative estimate of drug-likeness (QED) is 0.720. The molecule has 0 saturated carbocycles. The smallest absolute Gasteiger partial charge is 0.130 e. The van der Waals surface area contributed by atoms with Gasteiger partial charge in [-0.15, -0.1) is 0 Å². The van der Waals surface area contributed by atoms with E-state index >= 15 is 0 Å². The Kier molecular flexibility index (Phi) is 5.58. The summed E-state index contributed by atoms with van der Waals surface area (Å²) in [5.74, 6) is 1.14. The molecule has 1 aromatic carbocycles. The van der Waals surface area contributed by atoms with Crippen LogP contribution in [0.1, 0.15) is 11.3 Å². The number of hydrogen-bond donors (Lipinski definition) is 3. The van der Waals surface area contributed by atoms with Gasteiger partial charge in [0, 0.05) is 38.3 Å². The van der Waals surface area contributed by atoms with Gasteiger partial charge in [-0.2, -0.15) is 0 Å². The topological polar surface area (TPSA) is 66.4 Å². The largest absolute Gasteiger partial charge is 0.487 e. The molecule has 1 aliphatic rings. The summed E-state index contributed by atoms with van der Waals surface area (Å²) in [6.45, 7) is 3.62. The van der Waals surface area contributed by atoms with E-state index in [1.165, 1.54) is 5.56 Å². The minimum absolute atomic E-state index is 0.240. The third kappa shape index (κ3) is 4.76. The first-order valence-corrected chi connectivity index (χ1v) is 8.02. The number of aliphatic hydroxyl groups is 1. The van der Waals surface area contributed by atoms with Crippen LogP contribution < -0.4 is 15.4 Å². The highest BCUT2D eigenvalue weighted by Crippen LogP contribution is 2.15. The lowest BCUT2D eigenvalue weighted by molar-refractivity contribution is 0.146. The SMILES string of the molecule is OC1CNCC1CNCc1cccc(OCc2ccccn2)c1. The molecule has 0 radical (unpaired) electrons. The number of pyridine rings is 1. The van der Waals surface area contributed by atoms with E-state index in [0.29, 0.717) is 19.1 Å². The highest BCUT2D eigenvalue weighted by Gasteiger charge is 2.23. The van der Waals surface area contributed by atoms with Crippen molar-refractivity contribution in [3.05, 3.63) is 59.9 Å². The van der Waals surface area contributed by atoms with Crippen LogP contribution >= 0.6 is 0 Å². The lowest BCUT2D eigenvalue weighted by atomic mass is 10.1. The van der Waals surface area contributed by atoms with Crippen LogP contribution in [-0.4, -0.2) is 35.8 Å². The zero-order chi connectivity index (χ0) is 15.9.